The van der Waals surface area contributed by atoms with Crippen LogP contribution >= 0.6 is 0 Å². The van der Waals surface area contributed by atoms with Gasteiger partial charge in [-0.3, -0.25) is 4.79 Å². The van der Waals surface area contributed by atoms with Crippen molar-refractivity contribution >= 4 is 21.7 Å². The zero-order chi connectivity index (χ0) is 14.5. The number of aliphatic carboxylic acids is 1. The Bertz CT molecular complexity index is 425. The standard InChI is InChI=1S/C12H21NO5S/c1-9(14)13-11(12(15)16)8-19(17,18)7-10-5-3-2-4-6-10/h10-11H,2-8H2,1H3,(H,13,14)(H,15,16). The van der Waals surface area contributed by atoms with Gasteiger partial charge in [0.1, 0.15) is 6.04 Å². The SMILES string of the molecule is CC(=O)NC(CS(=O)(=O)CC1CCCCC1)C(=O)O. The summed E-state index contributed by atoms with van der Waals surface area (Å²) in [5.41, 5.74) is 0. The Kier molecular flexibility index (Phi) is 5.78. The summed E-state index contributed by atoms with van der Waals surface area (Å²) in [7, 11) is -3.47. The molecule has 1 aliphatic carbocycles. The van der Waals surface area contributed by atoms with E-state index in [9.17, 15) is 18.0 Å². The van der Waals surface area contributed by atoms with E-state index in [0.29, 0.717) is 0 Å². The minimum atomic E-state index is -3.47. The first kappa shape index (κ1) is 15.9. The van der Waals surface area contributed by atoms with Crippen molar-refractivity contribution in [1.82, 2.24) is 5.32 Å². The number of hydrogen-bond donors (Lipinski definition) is 2. The molecule has 19 heavy (non-hydrogen) atoms. The summed E-state index contributed by atoms with van der Waals surface area (Å²) >= 11 is 0. The molecule has 0 aliphatic heterocycles. The van der Waals surface area contributed by atoms with Gasteiger partial charge in [-0.05, 0) is 18.8 Å². The maximum atomic E-state index is 12.0. The van der Waals surface area contributed by atoms with Gasteiger partial charge in [-0.25, -0.2) is 13.2 Å². The number of rotatable bonds is 6. The minimum absolute atomic E-state index is 0.0242. The summed E-state index contributed by atoms with van der Waals surface area (Å²) in [5.74, 6) is -2.23. The lowest BCUT2D eigenvalue weighted by atomic mass is 9.91. The molecular formula is C12H21NO5S. The highest BCUT2D eigenvalue weighted by Gasteiger charge is 2.28. The van der Waals surface area contributed by atoms with Gasteiger partial charge < -0.3 is 10.4 Å². The van der Waals surface area contributed by atoms with Crippen molar-refractivity contribution in [3.8, 4) is 0 Å². The average Bonchev–Trinajstić information content (AvgIpc) is 2.27. The second-order valence-corrected chi connectivity index (χ2v) is 7.33. The average molecular weight is 291 g/mol. The molecule has 1 unspecified atom stereocenters. The normalized spacial score (nSPS) is 18.8. The van der Waals surface area contributed by atoms with Crippen LogP contribution in [0, 0.1) is 5.92 Å². The first-order chi connectivity index (χ1) is 8.80. The molecule has 6 nitrogen and oxygen atoms in total. The van der Waals surface area contributed by atoms with Gasteiger partial charge in [0.15, 0.2) is 9.84 Å². The first-order valence-corrected chi connectivity index (χ1v) is 8.32. The fourth-order valence-corrected chi connectivity index (χ4v) is 4.38. The van der Waals surface area contributed by atoms with E-state index in [-0.39, 0.29) is 11.7 Å². The van der Waals surface area contributed by atoms with Crippen LogP contribution in [-0.2, 0) is 19.4 Å². The Morgan fingerprint density at radius 1 is 1.26 bits per heavy atom. The van der Waals surface area contributed by atoms with E-state index in [1.165, 1.54) is 6.92 Å². The van der Waals surface area contributed by atoms with Crippen molar-refractivity contribution in [3.63, 3.8) is 0 Å². The summed E-state index contributed by atoms with van der Waals surface area (Å²) in [6.07, 6.45) is 4.98. The molecule has 1 atom stereocenters. The quantitative estimate of drug-likeness (QED) is 0.745. The van der Waals surface area contributed by atoms with Gasteiger partial charge in [-0.1, -0.05) is 19.3 Å². The summed E-state index contributed by atoms with van der Waals surface area (Å²) in [6, 6.07) is -1.36. The van der Waals surface area contributed by atoms with Crippen LogP contribution in [0.5, 0.6) is 0 Å². The molecule has 1 amide bonds. The van der Waals surface area contributed by atoms with Gasteiger partial charge in [0, 0.05) is 6.92 Å². The van der Waals surface area contributed by atoms with Crippen LogP contribution in [0.4, 0.5) is 0 Å². The number of sulfone groups is 1. The number of nitrogens with one attached hydrogen (secondary N) is 1. The Labute approximate surface area is 113 Å². The minimum Gasteiger partial charge on any atom is -0.480 e. The van der Waals surface area contributed by atoms with E-state index < -0.39 is 33.5 Å². The molecule has 2 N–H and O–H groups in total. The van der Waals surface area contributed by atoms with Crippen LogP contribution in [0.15, 0.2) is 0 Å². The predicted molar refractivity (Wildman–Crippen MR) is 70.5 cm³/mol. The van der Waals surface area contributed by atoms with Crippen LogP contribution in [0.1, 0.15) is 39.0 Å². The summed E-state index contributed by atoms with van der Waals surface area (Å²) in [5, 5.41) is 11.1. The van der Waals surface area contributed by atoms with Crippen molar-refractivity contribution in [2.45, 2.75) is 45.1 Å². The zero-order valence-electron chi connectivity index (χ0n) is 11.1. The van der Waals surface area contributed by atoms with Crippen molar-refractivity contribution in [2.75, 3.05) is 11.5 Å². The number of carbonyl (C=O) groups excluding carboxylic acids is 1. The molecule has 0 aromatic carbocycles. The van der Waals surface area contributed by atoms with Crippen molar-refractivity contribution in [3.05, 3.63) is 0 Å². The number of carboxylic acid groups (broad SMARTS) is 1. The molecule has 0 saturated heterocycles. The molecule has 0 aromatic rings. The molecule has 0 spiro atoms. The number of hydrogen-bond acceptors (Lipinski definition) is 4. The van der Waals surface area contributed by atoms with Gasteiger partial charge in [-0.15, -0.1) is 0 Å². The molecule has 0 radical (unpaired) electrons. The lowest BCUT2D eigenvalue weighted by molar-refractivity contribution is -0.140. The maximum absolute atomic E-state index is 12.0. The molecule has 7 heteroatoms. The largest absolute Gasteiger partial charge is 0.480 e. The highest BCUT2D eigenvalue weighted by atomic mass is 32.2. The molecule has 0 aromatic heterocycles. The maximum Gasteiger partial charge on any atom is 0.327 e. The van der Waals surface area contributed by atoms with Crippen LogP contribution in [0.2, 0.25) is 0 Å². The van der Waals surface area contributed by atoms with E-state index in [4.69, 9.17) is 5.11 Å². The number of carboxylic acids is 1. The van der Waals surface area contributed by atoms with Gasteiger partial charge in [-0.2, -0.15) is 0 Å². The third-order valence-corrected chi connectivity index (χ3v) is 5.13. The summed E-state index contributed by atoms with van der Waals surface area (Å²) in [6.45, 7) is 1.17. The lowest BCUT2D eigenvalue weighted by Crippen LogP contribution is -2.45. The fraction of sp³-hybridized carbons (Fsp3) is 0.833. The smallest absolute Gasteiger partial charge is 0.327 e. The molecule has 0 bridgehead atoms. The monoisotopic (exact) mass is 291 g/mol. The highest BCUT2D eigenvalue weighted by molar-refractivity contribution is 7.91. The van der Waals surface area contributed by atoms with E-state index in [1.54, 1.807) is 0 Å². The Hall–Kier alpha value is -1.11. The lowest BCUT2D eigenvalue weighted by Gasteiger charge is -2.22. The fourth-order valence-electron chi connectivity index (χ4n) is 2.45. The van der Waals surface area contributed by atoms with Crippen LogP contribution in [0.3, 0.4) is 0 Å². The van der Waals surface area contributed by atoms with Crippen molar-refractivity contribution in [1.29, 1.82) is 0 Å². The summed E-state index contributed by atoms with van der Waals surface area (Å²) < 4.78 is 24.0. The van der Waals surface area contributed by atoms with E-state index in [1.807, 2.05) is 0 Å². The predicted octanol–water partition coefficient (Wildman–Crippen LogP) is 0.571. The van der Waals surface area contributed by atoms with E-state index >= 15 is 0 Å². The Morgan fingerprint density at radius 3 is 2.32 bits per heavy atom. The number of carbonyl (C=O) groups is 2. The van der Waals surface area contributed by atoms with E-state index in [0.717, 1.165) is 32.1 Å². The third-order valence-electron chi connectivity index (χ3n) is 3.31. The topological polar surface area (TPSA) is 101 Å². The number of amides is 1. The van der Waals surface area contributed by atoms with Crippen molar-refractivity contribution in [2.24, 2.45) is 5.92 Å². The van der Waals surface area contributed by atoms with Gasteiger partial charge in [0.25, 0.3) is 0 Å². The second-order valence-electron chi connectivity index (χ2n) is 5.17. The van der Waals surface area contributed by atoms with E-state index in [2.05, 4.69) is 5.32 Å². The first-order valence-electron chi connectivity index (χ1n) is 6.50. The van der Waals surface area contributed by atoms with Gasteiger partial charge in [0.2, 0.25) is 5.91 Å². The molecule has 110 valence electrons. The van der Waals surface area contributed by atoms with Crippen LogP contribution < -0.4 is 5.32 Å². The van der Waals surface area contributed by atoms with Gasteiger partial charge in [0.05, 0.1) is 11.5 Å². The molecule has 1 rings (SSSR count). The molecule has 1 saturated carbocycles. The zero-order valence-corrected chi connectivity index (χ0v) is 11.9. The molecule has 1 aliphatic rings. The highest BCUT2D eigenvalue weighted by Crippen LogP contribution is 2.25. The van der Waals surface area contributed by atoms with Crippen LogP contribution in [0.25, 0.3) is 0 Å². The Balaban J connectivity index is 2.59. The van der Waals surface area contributed by atoms with Crippen molar-refractivity contribution < 1.29 is 23.1 Å². The second kappa shape index (κ2) is 6.88. The Morgan fingerprint density at radius 2 is 1.84 bits per heavy atom. The van der Waals surface area contributed by atoms with Crippen LogP contribution in [-0.4, -0.2) is 42.9 Å². The molecular weight excluding hydrogens is 270 g/mol. The summed E-state index contributed by atoms with van der Waals surface area (Å²) in [4.78, 5) is 21.8. The molecule has 1 fully saturated rings. The van der Waals surface area contributed by atoms with Gasteiger partial charge >= 0.3 is 5.97 Å². The third kappa shape index (κ3) is 6.04. The molecule has 0 heterocycles.